The van der Waals surface area contributed by atoms with Crippen molar-refractivity contribution < 1.29 is 22.7 Å². The van der Waals surface area contributed by atoms with Crippen LogP contribution >= 0.6 is 0 Å². The van der Waals surface area contributed by atoms with E-state index in [0.717, 1.165) is 6.07 Å². The summed E-state index contributed by atoms with van der Waals surface area (Å²) in [6, 6.07) is 10.7. The van der Waals surface area contributed by atoms with Gasteiger partial charge in [-0.25, -0.2) is 4.79 Å². The highest BCUT2D eigenvalue weighted by Gasteiger charge is 2.34. The summed E-state index contributed by atoms with van der Waals surface area (Å²) in [6.45, 7) is 0. The fourth-order valence-electron chi connectivity index (χ4n) is 1.76. The van der Waals surface area contributed by atoms with Crippen molar-refractivity contribution >= 4 is 11.7 Å². The van der Waals surface area contributed by atoms with Gasteiger partial charge >= 0.3 is 12.2 Å². The molecule has 0 spiro atoms. The van der Waals surface area contributed by atoms with Crippen molar-refractivity contribution in [3.05, 3.63) is 54.1 Å². The monoisotopic (exact) mass is 324 g/mol. The second kappa shape index (κ2) is 6.60. The smallest absolute Gasteiger partial charge is 0.419 e. The van der Waals surface area contributed by atoms with Gasteiger partial charge in [-0.1, -0.05) is 12.1 Å². The number of hydrogen-bond acceptors (Lipinski definition) is 2. The lowest BCUT2D eigenvalue weighted by Gasteiger charge is -2.14. The summed E-state index contributed by atoms with van der Waals surface area (Å²) in [6.07, 6.45) is -4.49. The molecule has 0 bridgehead atoms. The summed E-state index contributed by atoms with van der Waals surface area (Å²) in [5, 5.41) is 2.62. The average molecular weight is 324 g/mol. The molecule has 122 valence electrons. The summed E-state index contributed by atoms with van der Waals surface area (Å²) in [4.78, 5) is 12.9. The van der Waals surface area contributed by atoms with Gasteiger partial charge in [-0.3, -0.25) is 0 Å². The van der Waals surface area contributed by atoms with Crippen LogP contribution in [0.3, 0.4) is 0 Å². The Morgan fingerprint density at radius 1 is 1.04 bits per heavy atom. The van der Waals surface area contributed by atoms with Gasteiger partial charge in [0.05, 0.1) is 5.56 Å². The molecule has 0 fully saturated rings. The van der Waals surface area contributed by atoms with E-state index in [2.05, 4.69) is 5.32 Å². The number of anilines is 1. The highest BCUT2D eigenvalue weighted by atomic mass is 19.4. The Balaban J connectivity index is 2.15. The molecule has 0 unspecified atom stereocenters. The molecule has 23 heavy (non-hydrogen) atoms. The van der Waals surface area contributed by atoms with Crippen molar-refractivity contribution in [2.45, 2.75) is 6.18 Å². The zero-order valence-electron chi connectivity index (χ0n) is 12.5. The Morgan fingerprint density at radius 3 is 2.22 bits per heavy atom. The van der Waals surface area contributed by atoms with E-state index in [9.17, 15) is 18.0 Å². The zero-order chi connectivity index (χ0) is 17.0. The van der Waals surface area contributed by atoms with Crippen molar-refractivity contribution in [2.75, 3.05) is 19.4 Å². The Morgan fingerprint density at radius 2 is 1.65 bits per heavy atom. The summed E-state index contributed by atoms with van der Waals surface area (Å²) in [7, 11) is 3.20. The molecule has 0 radical (unpaired) electrons. The van der Waals surface area contributed by atoms with Gasteiger partial charge in [-0.05, 0) is 36.4 Å². The fraction of sp³-hybridized carbons (Fsp3) is 0.188. The molecule has 2 amide bonds. The lowest BCUT2D eigenvalue weighted by Crippen LogP contribution is -2.27. The van der Waals surface area contributed by atoms with Gasteiger partial charge in [-0.15, -0.1) is 0 Å². The van der Waals surface area contributed by atoms with Gasteiger partial charge in [0.2, 0.25) is 0 Å². The van der Waals surface area contributed by atoms with Crippen LogP contribution in [0.15, 0.2) is 48.5 Å². The molecule has 0 aliphatic heterocycles. The minimum Gasteiger partial charge on any atom is -0.457 e. The van der Waals surface area contributed by atoms with Crippen LogP contribution in [0.4, 0.5) is 23.7 Å². The average Bonchev–Trinajstić information content (AvgIpc) is 2.48. The number of rotatable bonds is 3. The van der Waals surface area contributed by atoms with E-state index in [-0.39, 0.29) is 17.5 Å². The quantitative estimate of drug-likeness (QED) is 0.897. The Bertz CT molecular complexity index is 682. The largest absolute Gasteiger partial charge is 0.457 e. The third-order valence-electron chi connectivity index (χ3n) is 2.93. The van der Waals surface area contributed by atoms with Gasteiger partial charge in [0.25, 0.3) is 0 Å². The minimum absolute atomic E-state index is 0.240. The third kappa shape index (κ3) is 4.38. The lowest BCUT2D eigenvalue weighted by atomic mass is 10.2. The van der Waals surface area contributed by atoms with E-state index in [1.807, 2.05) is 0 Å². The molecule has 0 saturated heterocycles. The standard InChI is InChI=1S/C16H15F3N2O2/c1-21(2)15(22)20-11-7-9-12(10-8-11)23-14-6-4-3-5-13(14)16(17,18)19/h3-10H,1-2H3,(H,20,22). The third-order valence-corrected chi connectivity index (χ3v) is 2.93. The minimum atomic E-state index is -4.49. The lowest BCUT2D eigenvalue weighted by molar-refractivity contribution is -0.138. The van der Waals surface area contributed by atoms with Crippen LogP contribution in [-0.4, -0.2) is 25.0 Å². The molecule has 0 aliphatic carbocycles. The first kappa shape index (κ1) is 16.7. The highest BCUT2D eigenvalue weighted by Crippen LogP contribution is 2.37. The molecule has 0 saturated carbocycles. The number of hydrogen-bond donors (Lipinski definition) is 1. The van der Waals surface area contributed by atoms with Crippen LogP contribution in [0.1, 0.15) is 5.56 Å². The number of para-hydroxylation sites is 1. The molecule has 0 atom stereocenters. The number of carbonyl (C=O) groups is 1. The van der Waals surface area contributed by atoms with Gasteiger partial charge in [0.1, 0.15) is 11.5 Å². The first-order valence-corrected chi connectivity index (χ1v) is 6.70. The van der Waals surface area contributed by atoms with Crippen molar-refractivity contribution in [3.8, 4) is 11.5 Å². The molecule has 2 aromatic rings. The fourth-order valence-corrected chi connectivity index (χ4v) is 1.76. The van der Waals surface area contributed by atoms with Gasteiger partial charge < -0.3 is 15.0 Å². The SMILES string of the molecule is CN(C)C(=O)Nc1ccc(Oc2ccccc2C(F)(F)F)cc1. The normalized spacial score (nSPS) is 11.0. The molecule has 0 heterocycles. The van der Waals surface area contributed by atoms with E-state index in [1.165, 1.54) is 35.2 Å². The number of alkyl halides is 3. The van der Waals surface area contributed by atoms with Crippen molar-refractivity contribution in [2.24, 2.45) is 0 Å². The van der Waals surface area contributed by atoms with E-state index < -0.39 is 11.7 Å². The zero-order valence-corrected chi connectivity index (χ0v) is 12.5. The van der Waals surface area contributed by atoms with E-state index >= 15 is 0 Å². The van der Waals surface area contributed by atoms with E-state index in [1.54, 1.807) is 26.2 Å². The number of carbonyl (C=O) groups excluding carboxylic acids is 1. The molecule has 2 aromatic carbocycles. The predicted octanol–water partition coefficient (Wildman–Crippen LogP) is 4.59. The maximum absolute atomic E-state index is 12.9. The van der Waals surface area contributed by atoms with Crippen LogP contribution in [0.5, 0.6) is 11.5 Å². The second-order valence-corrected chi connectivity index (χ2v) is 4.94. The van der Waals surface area contributed by atoms with Crippen molar-refractivity contribution in [1.29, 1.82) is 0 Å². The number of benzene rings is 2. The van der Waals surface area contributed by atoms with Gasteiger partial charge in [0.15, 0.2) is 0 Å². The maximum atomic E-state index is 12.9. The predicted molar refractivity (Wildman–Crippen MR) is 80.7 cm³/mol. The summed E-state index contributed by atoms with van der Waals surface area (Å²) < 4.78 is 44.0. The summed E-state index contributed by atoms with van der Waals surface area (Å²) in [5.41, 5.74) is -0.329. The van der Waals surface area contributed by atoms with Crippen molar-refractivity contribution in [3.63, 3.8) is 0 Å². The van der Waals surface area contributed by atoms with Crippen LogP contribution < -0.4 is 10.1 Å². The number of ether oxygens (including phenoxy) is 1. The number of halogens is 3. The summed E-state index contributed by atoms with van der Waals surface area (Å²) >= 11 is 0. The number of amides is 2. The molecular formula is C16H15F3N2O2. The van der Waals surface area contributed by atoms with Gasteiger partial charge in [-0.2, -0.15) is 13.2 Å². The van der Waals surface area contributed by atoms with Crippen LogP contribution in [0, 0.1) is 0 Å². The summed E-state index contributed by atoms with van der Waals surface area (Å²) in [5.74, 6) is -0.0328. The Hall–Kier alpha value is -2.70. The van der Waals surface area contributed by atoms with Crippen LogP contribution in [0.25, 0.3) is 0 Å². The number of nitrogens with zero attached hydrogens (tertiary/aromatic N) is 1. The van der Waals surface area contributed by atoms with Crippen LogP contribution in [0.2, 0.25) is 0 Å². The Labute approximate surface area is 131 Å². The molecule has 0 aromatic heterocycles. The van der Waals surface area contributed by atoms with Crippen molar-refractivity contribution in [1.82, 2.24) is 4.90 Å². The maximum Gasteiger partial charge on any atom is 0.419 e. The highest BCUT2D eigenvalue weighted by molar-refractivity contribution is 5.88. The molecule has 4 nitrogen and oxygen atoms in total. The first-order chi connectivity index (χ1) is 10.8. The first-order valence-electron chi connectivity index (χ1n) is 6.70. The van der Waals surface area contributed by atoms with Crippen LogP contribution in [-0.2, 0) is 6.18 Å². The molecule has 1 N–H and O–H groups in total. The molecule has 0 aliphatic rings. The number of nitrogens with one attached hydrogen (secondary N) is 1. The van der Waals surface area contributed by atoms with Gasteiger partial charge in [0, 0.05) is 19.8 Å². The van der Waals surface area contributed by atoms with E-state index in [4.69, 9.17) is 4.74 Å². The topological polar surface area (TPSA) is 41.6 Å². The molecular weight excluding hydrogens is 309 g/mol. The Kier molecular flexibility index (Phi) is 4.78. The molecule has 2 rings (SSSR count). The second-order valence-electron chi connectivity index (χ2n) is 4.94. The molecule has 7 heteroatoms. The number of urea groups is 1. The van der Waals surface area contributed by atoms with E-state index in [0.29, 0.717) is 5.69 Å².